The summed E-state index contributed by atoms with van der Waals surface area (Å²) in [4.78, 5) is 2.31. The van der Waals surface area contributed by atoms with Crippen LogP contribution in [-0.2, 0) is 19.7 Å². The highest BCUT2D eigenvalue weighted by atomic mass is 32.3. The first-order valence-electron chi connectivity index (χ1n) is 3.18. The zero-order valence-corrected chi connectivity index (χ0v) is 9.05. The molecule has 0 heterocycles. The first kappa shape index (κ1) is 12.3. The first-order chi connectivity index (χ1) is 5.56. The van der Waals surface area contributed by atoms with Gasteiger partial charge < -0.3 is 5.53 Å². The van der Waals surface area contributed by atoms with Gasteiger partial charge in [-0.15, -0.1) is 0 Å². The van der Waals surface area contributed by atoms with E-state index in [2.05, 4.69) is 4.79 Å². The monoisotopic (exact) mass is 226 g/mol. The molecule has 0 aromatic carbocycles. The van der Waals surface area contributed by atoms with Crippen LogP contribution in [0.15, 0.2) is 0 Å². The standard InChI is InChI=1S/C5H10N2O4S2/c1-5(2,12(3,8)9)13(10,11)4-7-6/h4H,1-3H3. The highest BCUT2D eigenvalue weighted by Gasteiger charge is 2.45. The molecule has 0 radical (unpaired) electrons. The van der Waals surface area contributed by atoms with Gasteiger partial charge in [0, 0.05) is 6.26 Å². The summed E-state index contributed by atoms with van der Waals surface area (Å²) in [6.45, 7) is 2.05. The Morgan fingerprint density at radius 2 is 1.62 bits per heavy atom. The molecule has 0 aliphatic rings. The molecule has 0 aliphatic heterocycles. The fourth-order valence-electron chi connectivity index (χ4n) is 0.400. The van der Waals surface area contributed by atoms with Gasteiger partial charge in [0.1, 0.15) is 0 Å². The summed E-state index contributed by atoms with van der Waals surface area (Å²) < 4.78 is 42.5. The maximum absolute atomic E-state index is 11.2. The molecule has 0 spiro atoms. The van der Waals surface area contributed by atoms with Gasteiger partial charge in [0.15, 0.2) is 13.9 Å². The van der Waals surface area contributed by atoms with Gasteiger partial charge in [0.2, 0.25) is 0 Å². The third-order valence-electron chi connectivity index (χ3n) is 1.76. The molecule has 76 valence electrons. The molecule has 6 nitrogen and oxygen atoms in total. The van der Waals surface area contributed by atoms with Crippen molar-refractivity contribution >= 4 is 25.2 Å². The quantitative estimate of drug-likeness (QED) is 0.278. The van der Waals surface area contributed by atoms with Crippen LogP contribution in [0.25, 0.3) is 5.53 Å². The van der Waals surface area contributed by atoms with E-state index in [0.717, 1.165) is 20.1 Å². The van der Waals surface area contributed by atoms with E-state index in [9.17, 15) is 16.8 Å². The van der Waals surface area contributed by atoms with Crippen LogP contribution in [0.2, 0.25) is 0 Å². The molecule has 0 unspecified atom stereocenters. The molecule has 0 fully saturated rings. The minimum Gasteiger partial charge on any atom is -0.361 e. The van der Waals surface area contributed by atoms with Gasteiger partial charge in [-0.25, -0.2) is 16.8 Å². The van der Waals surface area contributed by atoms with Gasteiger partial charge in [-0.1, -0.05) is 0 Å². The second-order valence-corrected chi connectivity index (χ2v) is 8.08. The molecule has 0 aromatic heterocycles. The van der Waals surface area contributed by atoms with E-state index in [1.54, 1.807) is 0 Å². The molecule has 0 aromatic rings. The highest BCUT2D eigenvalue weighted by Crippen LogP contribution is 2.21. The lowest BCUT2D eigenvalue weighted by Crippen LogP contribution is -2.40. The van der Waals surface area contributed by atoms with Crippen molar-refractivity contribution in [3.63, 3.8) is 0 Å². The van der Waals surface area contributed by atoms with E-state index in [-0.39, 0.29) is 5.55 Å². The fraction of sp³-hybridized carbons (Fsp3) is 0.800. The largest absolute Gasteiger partial charge is 0.371 e. The van der Waals surface area contributed by atoms with Crippen LogP contribution in [0.5, 0.6) is 0 Å². The second kappa shape index (κ2) is 3.21. The summed E-state index contributed by atoms with van der Waals surface area (Å²) in [5.74, 6) is 0. The summed E-state index contributed by atoms with van der Waals surface area (Å²) in [6.07, 6.45) is 0.801. The lowest BCUT2D eigenvalue weighted by atomic mass is 10.5. The van der Waals surface area contributed by atoms with E-state index in [0.29, 0.717) is 0 Å². The summed E-state index contributed by atoms with van der Waals surface area (Å²) >= 11 is 0. The highest BCUT2D eigenvalue weighted by molar-refractivity contribution is 8.16. The van der Waals surface area contributed by atoms with Gasteiger partial charge >= 0.3 is 5.55 Å². The molecule has 0 saturated carbocycles. The molecular weight excluding hydrogens is 216 g/mol. The van der Waals surface area contributed by atoms with Crippen LogP contribution in [-0.4, -0.2) is 37.5 Å². The predicted molar refractivity (Wildman–Crippen MR) is 47.5 cm³/mol. The van der Waals surface area contributed by atoms with Crippen LogP contribution in [0.4, 0.5) is 0 Å². The minimum atomic E-state index is -4.10. The average molecular weight is 226 g/mol. The smallest absolute Gasteiger partial charge is 0.361 e. The molecule has 0 atom stereocenters. The van der Waals surface area contributed by atoms with Gasteiger partial charge in [0.25, 0.3) is 9.84 Å². The van der Waals surface area contributed by atoms with Crippen molar-refractivity contribution in [2.75, 3.05) is 6.26 Å². The number of hydrogen-bond acceptors (Lipinski definition) is 4. The Morgan fingerprint density at radius 3 is 1.85 bits per heavy atom. The number of sulfone groups is 2. The Hall–Kier alpha value is -0.720. The van der Waals surface area contributed by atoms with Crippen molar-refractivity contribution in [1.82, 2.24) is 0 Å². The SMILES string of the molecule is CC(C)(S(C)(=O)=O)S(=O)(=O)C=[N+]=[N-]. The van der Waals surface area contributed by atoms with E-state index in [4.69, 9.17) is 5.53 Å². The third kappa shape index (κ3) is 2.15. The van der Waals surface area contributed by atoms with Crippen molar-refractivity contribution in [3.8, 4) is 0 Å². The number of hydrogen-bond donors (Lipinski definition) is 0. The lowest BCUT2D eigenvalue weighted by Gasteiger charge is -2.17. The van der Waals surface area contributed by atoms with Crippen LogP contribution in [0, 0.1) is 0 Å². The van der Waals surface area contributed by atoms with Crippen molar-refractivity contribution in [1.29, 1.82) is 0 Å². The Morgan fingerprint density at radius 1 is 1.23 bits per heavy atom. The number of rotatable bonds is 3. The van der Waals surface area contributed by atoms with Gasteiger partial charge in [-0.05, 0) is 13.8 Å². The average Bonchev–Trinajstić information content (AvgIpc) is 1.84. The molecule has 13 heavy (non-hydrogen) atoms. The van der Waals surface area contributed by atoms with Gasteiger partial charge in [0.05, 0.1) is 0 Å². The molecule has 0 aliphatic carbocycles. The Labute approximate surface area is 77.0 Å². The van der Waals surface area contributed by atoms with Crippen molar-refractivity contribution < 1.29 is 21.6 Å². The molecule has 0 amide bonds. The zero-order valence-electron chi connectivity index (χ0n) is 7.42. The Balaban J connectivity index is 5.72. The number of nitrogens with zero attached hydrogens (tertiary/aromatic N) is 2. The fourth-order valence-corrected chi connectivity index (χ4v) is 2.59. The Bertz CT molecular complexity index is 439. The predicted octanol–water partition coefficient (Wildman–Crippen LogP) is -0.560. The molecule has 0 rings (SSSR count). The van der Waals surface area contributed by atoms with Gasteiger partial charge in [-0.2, -0.15) is 4.79 Å². The first-order valence-corrected chi connectivity index (χ1v) is 6.61. The third-order valence-corrected chi connectivity index (χ3v) is 6.90. The van der Waals surface area contributed by atoms with Crippen LogP contribution in [0.1, 0.15) is 13.8 Å². The minimum absolute atomic E-state index is 0.216. The Kier molecular flexibility index (Phi) is 3.03. The topological polar surface area (TPSA) is 105 Å². The van der Waals surface area contributed by atoms with Crippen LogP contribution >= 0.6 is 0 Å². The van der Waals surface area contributed by atoms with Crippen molar-refractivity contribution in [2.24, 2.45) is 0 Å². The molecule has 0 bridgehead atoms. The van der Waals surface area contributed by atoms with Crippen molar-refractivity contribution in [3.05, 3.63) is 5.53 Å². The van der Waals surface area contributed by atoms with Crippen LogP contribution < -0.4 is 0 Å². The maximum atomic E-state index is 11.2. The maximum Gasteiger partial charge on any atom is 0.371 e. The van der Waals surface area contributed by atoms with E-state index >= 15 is 0 Å². The van der Waals surface area contributed by atoms with Crippen LogP contribution in [0.3, 0.4) is 0 Å². The summed E-state index contributed by atoms with van der Waals surface area (Å²) in [6, 6.07) is 0. The van der Waals surface area contributed by atoms with Crippen molar-refractivity contribution in [2.45, 2.75) is 17.9 Å². The van der Waals surface area contributed by atoms with E-state index in [1.165, 1.54) is 0 Å². The van der Waals surface area contributed by atoms with E-state index in [1.807, 2.05) is 0 Å². The second-order valence-electron chi connectivity index (χ2n) is 2.94. The summed E-state index contributed by atoms with van der Waals surface area (Å²) in [5.41, 5.74) is 8.24. The van der Waals surface area contributed by atoms with Gasteiger partial charge in [-0.3, -0.25) is 0 Å². The van der Waals surface area contributed by atoms with E-state index < -0.39 is 23.8 Å². The zero-order chi connectivity index (χ0) is 10.9. The molecule has 0 saturated heterocycles. The lowest BCUT2D eigenvalue weighted by molar-refractivity contribution is 0.00745. The molecular formula is C5H10N2O4S2. The normalized spacial score (nSPS) is 13.5. The summed E-state index contributed by atoms with van der Waals surface area (Å²) in [7, 11) is -7.87. The summed E-state index contributed by atoms with van der Waals surface area (Å²) in [5, 5.41) is 0. The molecule has 8 heteroatoms. The molecule has 0 N–H and O–H groups in total.